The van der Waals surface area contributed by atoms with Gasteiger partial charge in [-0.05, 0) is 55.7 Å². The zero-order valence-electron chi connectivity index (χ0n) is 36.7. The number of ether oxygens (including phenoxy) is 4. The molecule has 5 heterocycles. The van der Waals surface area contributed by atoms with Gasteiger partial charge >= 0.3 is 6.03 Å². The molecule has 2 N–H and O–H groups in total. The molecule has 3 aliphatic rings. The fourth-order valence-electron chi connectivity index (χ4n) is 8.34. The molecular formula is C46H49N9O11. The number of amides is 7. The van der Waals surface area contributed by atoms with Crippen LogP contribution in [-0.2, 0) is 46.4 Å². The normalized spacial score (nSPS) is 17.1. The van der Waals surface area contributed by atoms with Crippen LogP contribution in [0, 0.1) is 13.8 Å². The van der Waals surface area contributed by atoms with Crippen LogP contribution in [0.2, 0.25) is 0 Å². The first kappa shape index (κ1) is 45.4. The summed E-state index contributed by atoms with van der Waals surface area (Å²) in [6.07, 6.45) is 1.84. The van der Waals surface area contributed by atoms with Crippen LogP contribution in [0.25, 0.3) is 11.1 Å². The van der Waals surface area contributed by atoms with Gasteiger partial charge in [0.2, 0.25) is 17.7 Å². The van der Waals surface area contributed by atoms with Crippen LogP contribution in [0.1, 0.15) is 67.9 Å². The minimum Gasteiger partial charge on any atom is -0.377 e. The van der Waals surface area contributed by atoms with Crippen molar-refractivity contribution < 1.29 is 52.2 Å². The topological polar surface area (TPSA) is 230 Å². The zero-order chi connectivity index (χ0) is 46.3. The number of urea groups is 1. The molecule has 0 radical (unpaired) electrons. The van der Waals surface area contributed by atoms with Crippen molar-refractivity contribution in [3.63, 3.8) is 0 Å². The molecule has 2 unspecified atom stereocenters. The molecule has 2 aromatic heterocycles. The van der Waals surface area contributed by atoms with E-state index in [4.69, 9.17) is 23.5 Å². The Kier molecular flexibility index (Phi) is 14.0. The number of carbonyl (C=O) groups is 6. The van der Waals surface area contributed by atoms with Gasteiger partial charge < -0.3 is 33.7 Å². The van der Waals surface area contributed by atoms with Crippen LogP contribution in [0.3, 0.4) is 0 Å². The molecule has 7 amide bonds. The van der Waals surface area contributed by atoms with E-state index in [-0.39, 0.29) is 68.1 Å². The minimum atomic E-state index is -1.12. The Balaban J connectivity index is 0.718. The summed E-state index contributed by atoms with van der Waals surface area (Å²) in [5.74, 6) is -2.41. The van der Waals surface area contributed by atoms with Crippen LogP contribution in [0.15, 0.2) is 77.4 Å². The molecule has 8 rings (SSSR count). The largest absolute Gasteiger partial charge is 0.377 e. The number of nitrogens with zero attached hydrogens (tertiary/aromatic N) is 7. The van der Waals surface area contributed by atoms with Crippen molar-refractivity contribution in [1.82, 2.24) is 35.3 Å². The van der Waals surface area contributed by atoms with E-state index >= 15 is 0 Å². The lowest BCUT2D eigenvalue weighted by molar-refractivity contribution is -0.136. The van der Waals surface area contributed by atoms with Crippen LogP contribution in [0.5, 0.6) is 0 Å². The lowest BCUT2D eigenvalue weighted by Crippen LogP contribution is -2.54. The van der Waals surface area contributed by atoms with E-state index in [0.717, 1.165) is 44.3 Å². The Hall–Kier alpha value is -7.13. The van der Waals surface area contributed by atoms with Crippen molar-refractivity contribution in [3.8, 4) is 11.1 Å². The van der Waals surface area contributed by atoms with Crippen molar-refractivity contribution >= 4 is 46.9 Å². The summed E-state index contributed by atoms with van der Waals surface area (Å²) in [7, 11) is 1.78. The number of hydrogen-bond acceptors (Lipinski definition) is 14. The third-order valence-electron chi connectivity index (χ3n) is 11.4. The molecule has 66 heavy (non-hydrogen) atoms. The highest BCUT2D eigenvalue weighted by molar-refractivity contribution is 6.26. The van der Waals surface area contributed by atoms with E-state index in [9.17, 15) is 28.8 Å². The first-order chi connectivity index (χ1) is 32.0. The lowest BCUT2D eigenvalue weighted by atomic mass is 9.90. The van der Waals surface area contributed by atoms with Gasteiger partial charge in [-0.25, -0.2) is 9.48 Å². The summed E-state index contributed by atoms with van der Waals surface area (Å²) in [5, 5.41) is 17.6. The van der Waals surface area contributed by atoms with Gasteiger partial charge in [-0.3, -0.25) is 39.1 Å². The third kappa shape index (κ3) is 9.76. The first-order valence-electron chi connectivity index (χ1n) is 21.5. The molecule has 3 aromatic carbocycles. The minimum absolute atomic E-state index is 0.000532. The number of nitrogens with one attached hydrogen (secondary N) is 2. The van der Waals surface area contributed by atoms with Crippen LogP contribution < -0.4 is 15.5 Å². The number of anilines is 2. The number of imide groups is 2. The quantitative estimate of drug-likeness (QED) is 0.0836. The average Bonchev–Trinajstić information content (AvgIpc) is 3.98. The van der Waals surface area contributed by atoms with Crippen molar-refractivity contribution in [2.24, 2.45) is 0 Å². The number of aromatic nitrogens is 4. The maximum Gasteiger partial charge on any atom is 0.325 e. The summed E-state index contributed by atoms with van der Waals surface area (Å²) >= 11 is 0. The monoisotopic (exact) mass is 903 g/mol. The molecule has 0 spiro atoms. The van der Waals surface area contributed by atoms with Crippen LogP contribution in [0.4, 0.5) is 16.2 Å². The lowest BCUT2D eigenvalue weighted by Gasteiger charge is -2.41. The maximum atomic E-state index is 14.0. The Morgan fingerprint density at radius 3 is 2.29 bits per heavy atom. The van der Waals surface area contributed by atoms with E-state index in [1.54, 1.807) is 16.6 Å². The number of piperidine rings is 1. The Bertz CT molecular complexity index is 2610. The predicted molar refractivity (Wildman–Crippen MR) is 234 cm³/mol. The van der Waals surface area contributed by atoms with Gasteiger partial charge in [-0.2, -0.15) is 0 Å². The fraction of sp³-hybridized carbons (Fsp3) is 0.370. The van der Waals surface area contributed by atoms with Gasteiger partial charge in [0.15, 0.2) is 0 Å². The van der Waals surface area contributed by atoms with Crippen molar-refractivity contribution in [1.29, 1.82) is 0 Å². The number of carbonyl (C=O) groups excluding carboxylic acids is 6. The number of aryl methyl sites for hydroxylation is 2. The average molecular weight is 904 g/mol. The molecule has 3 aliphatic heterocycles. The van der Waals surface area contributed by atoms with Gasteiger partial charge in [-0.15, -0.1) is 5.10 Å². The van der Waals surface area contributed by atoms with Crippen molar-refractivity contribution in [3.05, 3.63) is 112 Å². The first-order valence-corrected chi connectivity index (χ1v) is 21.5. The van der Waals surface area contributed by atoms with E-state index in [1.165, 1.54) is 18.2 Å². The Labute approximate surface area is 379 Å². The molecule has 20 nitrogen and oxygen atoms in total. The van der Waals surface area contributed by atoms with Gasteiger partial charge in [-0.1, -0.05) is 52.8 Å². The SMILES string of the molecule is Cc1noc(C)c1-c1ccc2c(c1)C(c1ccccc1)N(Cc1cn(CCOCCOCCOCCOCC(=O)Nc3cccc4c3C(=O)N(C3CCC(=O)NC3=O)C4=O)nn1)C(=O)N2C. The van der Waals surface area contributed by atoms with Crippen LogP contribution >= 0.6 is 0 Å². The highest BCUT2D eigenvalue weighted by Crippen LogP contribution is 2.43. The summed E-state index contributed by atoms with van der Waals surface area (Å²) in [6.45, 7) is 6.14. The molecule has 0 aliphatic carbocycles. The number of fused-ring (bicyclic) bond motifs is 2. The second-order valence-corrected chi connectivity index (χ2v) is 15.8. The molecule has 20 heteroatoms. The fourth-order valence-corrected chi connectivity index (χ4v) is 8.34. The van der Waals surface area contributed by atoms with E-state index in [0.29, 0.717) is 45.3 Å². The Morgan fingerprint density at radius 2 is 1.58 bits per heavy atom. The van der Waals surface area contributed by atoms with Gasteiger partial charge in [0, 0.05) is 24.6 Å². The van der Waals surface area contributed by atoms with Gasteiger partial charge in [0.1, 0.15) is 24.1 Å². The zero-order valence-corrected chi connectivity index (χ0v) is 36.7. The summed E-state index contributed by atoms with van der Waals surface area (Å²) in [5.41, 5.74) is 6.23. The van der Waals surface area contributed by atoms with Crippen molar-refractivity contribution in [2.45, 2.75) is 51.9 Å². The standard InChI is InChI=1S/C46H49N9O11/c1-28-40(29(2)66-50-28)31-12-13-36-34(24-31)42(30-8-5-4-6-9-30)54(46(61)52(36)3)26-32-25-53(51-49-32)16-17-62-18-19-63-20-21-64-22-23-65-27-39(57)47-35-11-7-10-33-41(35)45(60)55(44(33)59)37-14-15-38(56)48-43(37)58/h4-13,24-25,37,42H,14-23,26-27H2,1-3H3,(H,47,57)(H,48,56,58). The van der Waals surface area contributed by atoms with E-state index in [2.05, 4.69) is 32.2 Å². The van der Waals surface area contributed by atoms with Gasteiger partial charge in [0.25, 0.3) is 11.8 Å². The predicted octanol–water partition coefficient (Wildman–Crippen LogP) is 3.82. The molecule has 0 bridgehead atoms. The highest BCUT2D eigenvalue weighted by Gasteiger charge is 2.46. The summed E-state index contributed by atoms with van der Waals surface area (Å²) in [6, 6.07) is 18.8. The highest BCUT2D eigenvalue weighted by atomic mass is 16.6. The molecule has 2 atom stereocenters. The number of rotatable bonds is 20. The van der Waals surface area contributed by atoms with Crippen LogP contribution in [-0.4, -0.2) is 131 Å². The molecule has 5 aromatic rings. The van der Waals surface area contributed by atoms with E-state index < -0.39 is 35.6 Å². The summed E-state index contributed by atoms with van der Waals surface area (Å²) < 4.78 is 29.4. The molecule has 1 fully saturated rings. The maximum absolute atomic E-state index is 14.0. The molecular weight excluding hydrogens is 855 g/mol. The number of benzene rings is 3. The molecule has 1 saturated heterocycles. The molecule has 0 saturated carbocycles. The number of hydrogen-bond donors (Lipinski definition) is 2. The van der Waals surface area contributed by atoms with Crippen molar-refractivity contribution in [2.75, 3.05) is 70.1 Å². The summed E-state index contributed by atoms with van der Waals surface area (Å²) in [4.78, 5) is 81.1. The second kappa shape index (κ2) is 20.4. The van der Waals surface area contributed by atoms with Gasteiger partial charge in [0.05, 0.1) is 99.8 Å². The third-order valence-corrected chi connectivity index (χ3v) is 11.4. The van der Waals surface area contributed by atoms with E-state index in [1.807, 2.05) is 67.4 Å². The Morgan fingerprint density at radius 1 is 0.848 bits per heavy atom. The molecule has 344 valence electrons. The second-order valence-electron chi connectivity index (χ2n) is 15.8. The smallest absolute Gasteiger partial charge is 0.325 e.